The van der Waals surface area contributed by atoms with E-state index >= 15 is 0 Å². The van der Waals surface area contributed by atoms with Crippen molar-refractivity contribution in [2.45, 2.75) is 6.42 Å². The number of carbonyl (C=O) groups is 1. The Balaban J connectivity index is 2.02. The van der Waals surface area contributed by atoms with Crippen molar-refractivity contribution in [1.29, 1.82) is 0 Å². The summed E-state index contributed by atoms with van der Waals surface area (Å²) in [7, 11) is 0. The van der Waals surface area contributed by atoms with Crippen LogP contribution in [0.2, 0.25) is 10.0 Å². The largest absolute Gasteiger partial charge is 0.351 e. The molecular formula is C15H12Cl2N2O3. The number of nitro benzene ring substituents is 1. The summed E-state index contributed by atoms with van der Waals surface area (Å²) in [5.74, 6) is -0.525. The molecule has 0 saturated carbocycles. The van der Waals surface area contributed by atoms with Crippen LogP contribution < -0.4 is 5.32 Å². The van der Waals surface area contributed by atoms with Gasteiger partial charge in [0.2, 0.25) is 0 Å². The van der Waals surface area contributed by atoms with E-state index in [0.717, 1.165) is 5.56 Å². The molecular weight excluding hydrogens is 327 g/mol. The van der Waals surface area contributed by atoms with E-state index in [1.165, 1.54) is 18.2 Å². The van der Waals surface area contributed by atoms with Gasteiger partial charge in [-0.3, -0.25) is 14.9 Å². The summed E-state index contributed by atoms with van der Waals surface area (Å²) in [4.78, 5) is 22.4. The second kappa shape index (κ2) is 7.24. The molecule has 2 rings (SSSR count). The van der Waals surface area contributed by atoms with Crippen molar-refractivity contribution < 1.29 is 9.72 Å². The van der Waals surface area contributed by atoms with Gasteiger partial charge in [-0.05, 0) is 36.2 Å². The first-order valence-electron chi connectivity index (χ1n) is 6.44. The topological polar surface area (TPSA) is 72.2 Å². The maximum Gasteiger partial charge on any atom is 0.282 e. The molecule has 2 aromatic rings. The smallest absolute Gasteiger partial charge is 0.282 e. The van der Waals surface area contributed by atoms with Crippen LogP contribution >= 0.6 is 23.2 Å². The standard InChI is InChI=1S/C15H12Cl2N2O3/c16-11-3-1-10(2-4-11)7-8-18-15(20)13-9-12(17)5-6-14(13)19(21)22/h1-6,9H,7-8H2,(H,18,20). The highest BCUT2D eigenvalue weighted by molar-refractivity contribution is 6.31. The Labute approximate surface area is 137 Å². The minimum Gasteiger partial charge on any atom is -0.351 e. The zero-order chi connectivity index (χ0) is 16.1. The third-order valence-electron chi connectivity index (χ3n) is 3.01. The van der Waals surface area contributed by atoms with Crippen molar-refractivity contribution in [1.82, 2.24) is 5.32 Å². The van der Waals surface area contributed by atoms with Gasteiger partial charge in [0.25, 0.3) is 11.6 Å². The van der Waals surface area contributed by atoms with Crippen LogP contribution in [-0.2, 0) is 6.42 Å². The number of nitrogens with one attached hydrogen (secondary N) is 1. The van der Waals surface area contributed by atoms with Crippen LogP contribution in [0.1, 0.15) is 15.9 Å². The fraction of sp³-hybridized carbons (Fsp3) is 0.133. The molecule has 0 unspecified atom stereocenters. The summed E-state index contributed by atoms with van der Waals surface area (Å²) < 4.78 is 0. The predicted molar refractivity (Wildman–Crippen MR) is 85.6 cm³/mol. The molecule has 0 atom stereocenters. The molecule has 7 heteroatoms. The Morgan fingerprint density at radius 1 is 1.09 bits per heavy atom. The summed E-state index contributed by atoms with van der Waals surface area (Å²) in [6, 6.07) is 11.1. The van der Waals surface area contributed by atoms with Gasteiger partial charge in [-0.2, -0.15) is 0 Å². The lowest BCUT2D eigenvalue weighted by Gasteiger charge is -2.06. The molecule has 0 aliphatic carbocycles. The molecule has 0 heterocycles. The lowest BCUT2D eigenvalue weighted by Crippen LogP contribution is -2.26. The highest BCUT2D eigenvalue weighted by atomic mass is 35.5. The maximum atomic E-state index is 12.1. The first-order chi connectivity index (χ1) is 10.5. The highest BCUT2D eigenvalue weighted by Gasteiger charge is 2.20. The first kappa shape index (κ1) is 16.3. The van der Waals surface area contributed by atoms with Crippen LogP contribution in [0.4, 0.5) is 5.69 Å². The van der Waals surface area contributed by atoms with E-state index in [4.69, 9.17) is 23.2 Å². The number of benzene rings is 2. The number of carbonyl (C=O) groups excluding carboxylic acids is 1. The number of hydrogen-bond donors (Lipinski definition) is 1. The van der Waals surface area contributed by atoms with E-state index in [9.17, 15) is 14.9 Å². The summed E-state index contributed by atoms with van der Waals surface area (Å²) in [5, 5.41) is 14.5. The molecule has 2 aromatic carbocycles. The molecule has 0 aliphatic rings. The molecule has 0 aromatic heterocycles. The van der Waals surface area contributed by atoms with E-state index in [0.29, 0.717) is 18.0 Å². The number of amides is 1. The average Bonchev–Trinajstić information content (AvgIpc) is 2.48. The minimum atomic E-state index is -0.607. The number of nitrogens with zero attached hydrogens (tertiary/aromatic N) is 1. The normalized spacial score (nSPS) is 10.3. The third-order valence-corrected chi connectivity index (χ3v) is 3.50. The van der Waals surface area contributed by atoms with Gasteiger partial charge in [0.1, 0.15) is 5.56 Å². The number of rotatable bonds is 5. The van der Waals surface area contributed by atoms with Gasteiger partial charge in [-0.1, -0.05) is 35.3 Å². The quantitative estimate of drug-likeness (QED) is 0.664. The number of nitro groups is 1. The zero-order valence-electron chi connectivity index (χ0n) is 11.4. The molecule has 0 saturated heterocycles. The van der Waals surface area contributed by atoms with Gasteiger partial charge < -0.3 is 5.32 Å². The minimum absolute atomic E-state index is 0.0476. The number of halogens is 2. The fourth-order valence-corrected chi connectivity index (χ4v) is 2.21. The molecule has 0 radical (unpaired) electrons. The maximum absolute atomic E-state index is 12.1. The first-order valence-corrected chi connectivity index (χ1v) is 7.19. The van der Waals surface area contributed by atoms with Crippen molar-refractivity contribution in [3.63, 3.8) is 0 Å². The highest BCUT2D eigenvalue weighted by Crippen LogP contribution is 2.22. The van der Waals surface area contributed by atoms with Crippen molar-refractivity contribution >= 4 is 34.8 Å². The van der Waals surface area contributed by atoms with Gasteiger partial charge in [-0.15, -0.1) is 0 Å². The Hall–Kier alpha value is -2.11. The zero-order valence-corrected chi connectivity index (χ0v) is 12.9. The Morgan fingerprint density at radius 2 is 1.73 bits per heavy atom. The third kappa shape index (κ3) is 4.19. The van der Waals surface area contributed by atoms with Gasteiger partial charge in [0.05, 0.1) is 4.92 Å². The lowest BCUT2D eigenvalue weighted by atomic mass is 10.1. The summed E-state index contributed by atoms with van der Waals surface area (Å²) in [6.45, 7) is 0.351. The van der Waals surface area contributed by atoms with Gasteiger partial charge in [0, 0.05) is 22.7 Å². The molecule has 22 heavy (non-hydrogen) atoms. The number of hydrogen-bond acceptors (Lipinski definition) is 3. The average molecular weight is 339 g/mol. The molecule has 5 nitrogen and oxygen atoms in total. The molecule has 1 amide bonds. The summed E-state index contributed by atoms with van der Waals surface area (Å²) >= 11 is 11.6. The molecule has 1 N–H and O–H groups in total. The lowest BCUT2D eigenvalue weighted by molar-refractivity contribution is -0.385. The second-order valence-electron chi connectivity index (χ2n) is 4.55. The van der Waals surface area contributed by atoms with Crippen LogP contribution in [0.5, 0.6) is 0 Å². The van der Waals surface area contributed by atoms with Crippen LogP contribution in [0.15, 0.2) is 42.5 Å². The van der Waals surface area contributed by atoms with E-state index in [2.05, 4.69) is 5.32 Å². The summed E-state index contributed by atoms with van der Waals surface area (Å²) in [5.41, 5.74) is 0.687. The predicted octanol–water partition coefficient (Wildman–Crippen LogP) is 3.87. The fourth-order valence-electron chi connectivity index (χ4n) is 1.92. The van der Waals surface area contributed by atoms with E-state index in [1.54, 1.807) is 12.1 Å². The van der Waals surface area contributed by atoms with Crippen LogP contribution in [-0.4, -0.2) is 17.4 Å². The van der Waals surface area contributed by atoms with E-state index in [1.807, 2.05) is 12.1 Å². The molecule has 0 bridgehead atoms. The molecule has 0 aliphatic heterocycles. The van der Waals surface area contributed by atoms with E-state index in [-0.39, 0.29) is 16.3 Å². The van der Waals surface area contributed by atoms with Gasteiger partial charge in [-0.25, -0.2) is 0 Å². The molecule has 114 valence electrons. The summed E-state index contributed by atoms with van der Waals surface area (Å²) in [6.07, 6.45) is 0.595. The molecule has 0 fully saturated rings. The van der Waals surface area contributed by atoms with Crippen LogP contribution in [0, 0.1) is 10.1 Å². The van der Waals surface area contributed by atoms with Gasteiger partial charge in [0.15, 0.2) is 0 Å². The van der Waals surface area contributed by atoms with Gasteiger partial charge >= 0.3 is 0 Å². The Morgan fingerprint density at radius 3 is 2.36 bits per heavy atom. The monoisotopic (exact) mass is 338 g/mol. The van der Waals surface area contributed by atoms with E-state index < -0.39 is 10.8 Å². The van der Waals surface area contributed by atoms with Crippen molar-refractivity contribution in [2.75, 3.05) is 6.54 Å². The van der Waals surface area contributed by atoms with Crippen molar-refractivity contribution in [3.05, 3.63) is 73.8 Å². The SMILES string of the molecule is O=C(NCCc1ccc(Cl)cc1)c1cc(Cl)ccc1[N+](=O)[O-]. The molecule has 0 spiro atoms. The van der Waals surface area contributed by atoms with Crippen LogP contribution in [0.3, 0.4) is 0 Å². The second-order valence-corrected chi connectivity index (χ2v) is 5.42. The Kier molecular flexibility index (Phi) is 5.35. The van der Waals surface area contributed by atoms with Crippen molar-refractivity contribution in [2.24, 2.45) is 0 Å². The van der Waals surface area contributed by atoms with Crippen LogP contribution in [0.25, 0.3) is 0 Å². The Bertz CT molecular complexity index is 702. The van der Waals surface area contributed by atoms with Crippen molar-refractivity contribution in [3.8, 4) is 0 Å².